The van der Waals surface area contributed by atoms with Crippen LogP contribution in [0.4, 0.5) is 0 Å². The molecule has 4 heteroatoms. The van der Waals surface area contributed by atoms with E-state index in [0.29, 0.717) is 6.04 Å². The molecule has 0 aromatic carbocycles. The summed E-state index contributed by atoms with van der Waals surface area (Å²) in [5.74, 6) is 0. The smallest absolute Gasteiger partial charge is 0.0325 e. The van der Waals surface area contributed by atoms with Gasteiger partial charge in [0.15, 0.2) is 0 Å². The van der Waals surface area contributed by atoms with Gasteiger partial charge in [0.1, 0.15) is 0 Å². The van der Waals surface area contributed by atoms with Crippen molar-refractivity contribution < 1.29 is 0 Å². The summed E-state index contributed by atoms with van der Waals surface area (Å²) in [6.45, 7) is 3.38. The van der Waals surface area contributed by atoms with Crippen molar-refractivity contribution in [1.29, 1.82) is 0 Å². The summed E-state index contributed by atoms with van der Waals surface area (Å²) in [6.07, 6.45) is 4.65. The Kier molecular flexibility index (Phi) is 4.10. The van der Waals surface area contributed by atoms with Gasteiger partial charge in [-0.3, -0.25) is 4.98 Å². The zero-order valence-corrected chi connectivity index (χ0v) is 10.7. The van der Waals surface area contributed by atoms with E-state index < -0.39 is 0 Å². The minimum Gasteiger partial charge on any atom is -0.324 e. The number of likely N-dealkylation sites (N-methyl/N-ethyl adjacent to an activating group) is 2. The van der Waals surface area contributed by atoms with Crippen molar-refractivity contribution in [2.45, 2.75) is 18.5 Å². The number of aromatic nitrogens is 1. The monoisotopic (exact) mass is 234 g/mol. The van der Waals surface area contributed by atoms with Gasteiger partial charge in [-0.15, -0.1) is 0 Å². The Morgan fingerprint density at radius 2 is 2.29 bits per heavy atom. The molecule has 1 aromatic heterocycles. The fourth-order valence-electron chi connectivity index (χ4n) is 2.38. The molecule has 0 spiro atoms. The molecule has 1 fully saturated rings. The Labute approximate surface area is 103 Å². The average molecular weight is 234 g/mol. The van der Waals surface area contributed by atoms with E-state index in [1.807, 2.05) is 12.3 Å². The molecule has 17 heavy (non-hydrogen) atoms. The SMILES string of the molecule is CN1CCN(C)C(CC(N)c2cccnc2)C1. The fraction of sp³-hybridized carbons (Fsp3) is 0.615. The molecule has 2 rings (SSSR count). The summed E-state index contributed by atoms with van der Waals surface area (Å²) in [7, 11) is 4.36. The van der Waals surface area contributed by atoms with Gasteiger partial charge in [0.05, 0.1) is 0 Å². The highest BCUT2D eigenvalue weighted by molar-refractivity contribution is 5.13. The molecule has 2 unspecified atom stereocenters. The van der Waals surface area contributed by atoms with E-state index in [1.54, 1.807) is 6.20 Å². The standard InChI is InChI=1S/C13H22N4/c1-16-6-7-17(2)12(10-16)8-13(14)11-4-3-5-15-9-11/h3-5,9,12-13H,6-8,10,14H2,1-2H3. The van der Waals surface area contributed by atoms with Crippen molar-refractivity contribution in [2.24, 2.45) is 5.73 Å². The van der Waals surface area contributed by atoms with E-state index in [2.05, 4.69) is 34.9 Å². The number of piperazine rings is 1. The van der Waals surface area contributed by atoms with Crippen molar-refractivity contribution >= 4 is 0 Å². The molecule has 1 saturated heterocycles. The average Bonchev–Trinajstić information content (AvgIpc) is 2.35. The Bertz CT molecular complexity index is 341. The minimum absolute atomic E-state index is 0.0858. The lowest BCUT2D eigenvalue weighted by atomic mass is 9.99. The van der Waals surface area contributed by atoms with Crippen LogP contribution in [0.5, 0.6) is 0 Å². The summed E-state index contributed by atoms with van der Waals surface area (Å²) < 4.78 is 0. The molecule has 0 aliphatic carbocycles. The van der Waals surface area contributed by atoms with Gasteiger partial charge in [0, 0.05) is 44.1 Å². The zero-order valence-electron chi connectivity index (χ0n) is 10.7. The second kappa shape index (κ2) is 5.58. The van der Waals surface area contributed by atoms with Crippen molar-refractivity contribution in [2.75, 3.05) is 33.7 Å². The first-order chi connectivity index (χ1) is 8.16. The van der Waals surface area contributed by atoms with Crippen LogP contribution in [0.3, 0.4) is 0 Å². The highest BCUT2D eigenvalue weighted by Gasteiger charge is 2.24. The predicted octanol–water partition coefficient (Wildman–Crippen LogP) is 0.717. The molecule has 94 valence electrons. The molecule has 2 heterocycles. The van der Waals surface area contributed by atoms with Crippen LogP contribution in [0.25, 0.3) is 0 Å². The molecule has 0 saturated carbocycles. The highest BCUT2D eigenvalue weighted by atomic mass is 15.3. The van der Waals surface area contributed by atoms with Crippen LogP contribution in [-0.4, -0.2) is 54.6 Å². The second-order valence-electron chi connectivity index (χ2n) is 5.03. The zero-order chi connectivity index (χ0) is 12.3. The number of nitrogens with two attached hydrogens (primary N) is 1. The number of hydrogen-bond acceptors (Lipinski definition) is 4. The molecule has 1 aliphatic rings. The van der Waals surface area contributed by atoms with Gasteiger partial charge in [0.25, 0.3) is 0 Å². The van der Waals surface area contributed by atoms with E-state index in [0.717, 1.165) is 31.6 Å². The largest absolute Gasteiger partial charge is 0.324 e. The van der Waals surface area contributed by atoms with Crippen molar-refractivity contribution in [3.05, 3.63) is 30.1 Å². The van der Waals surface area contributed by atoms with Crippen LogP contribution in [0.1, 0.15) is 18.0 Å². The van der Waals surface area contributed by atoms with Gasteiger partial charge in [0.2, 0.25) is 0 Å². The predicted molar refractivity (Wildman–Crippen MR) is 69.7 cm³/mol. The molecule has 2 atom stereocenters. The molecule has 2 N–H and O–H groups in total. The summed E-state index contributed by atoms with van der Waals surface area (Å²) in [4.78, 5) is 8.92. The van der Waals surface area contributed by atoms with Crippen LogP contribution in [0, 0.1) is 0 Å². The van der Waals surface area contributed by atoms with Gasteiger partial charge in [-0.05, 0) is 32.1 Å². The Morgan fingerprint density at radius 1 is 1.47 bits per heavy atom. The number of rotatable bonds is 3. The fourth-order valence-corrected chi connectivity index (χ4v) is 2.38. The lowest BCUT2D eigenvalue weighted by Gasteiger charge is -2.38. The molecular weight excluding hydrogens is 212 g/mol. The van der Waals surface area contributed by atoms with E-state index >= 15 is 0 Å². The van der Waals surface area contributed by atoms with Crippen LogP contribution >= 0.6 is 0 Å². The molecule has 0 bridgehead atoms. The van der Waals surface area contributed by atoms with E-state index in [1.165, 1.54) is 0 Å². The van der Waals surface area contributed by atoms with Crippen molar-refractivity contribution in [3.63, 3.8) is 0 Å². The molecule has 0 amide bonds. The van der Waals surface area contributed by atoms with Gasteiger partial charge < -0.3 is 15.5 Å². The van der Waals surface area contributed by atoms with Crippen molar-refractivity contribution in [1.82, 2.24) is 14.8 Å². The van der Waals surface area contributed by atoms with Crippen LogP contribution in [0.15, 0.2) is 24.5 Å². The normalized spacial score (nSPS) is 24.8. The van der Waals surface area contributed by atoms with Gasteiger partial charge in [-0.2, -0.15) is 0 Å². The topological polar surface area (TPSA) is 45.4 Å². The quantitative estimate of drug-likeness (QED) is 0.837. The Hall–Kier alpha value is -0.970. The van der Waals surface area contributed by atoms with E-state index in [4.69, 9.17) is 5.73 Å². The highest BCUT2D eigenvalue weighted by Crippen LogP contribution is 2.19. The van der Waals surface area contributed by atoms with Gasteiger partial charge in [-0.25, -0.2) is 0 Å². The second-order valence-corrected chi connectivity index (χ2v) is 5.03. The molecule has 1 aliphatic heterocycles. The third kappa shape index (κ3) is 3.25. The maximum atomic E-state index is 6.25. The van der Waals surface area contributed by atoms with Gasteiger partial charge in [-0.1, -0.05) is 6.07 Å². The van der Waals surface area contributed by atoms with Gasteiger partial charge >= 0.3 is 0 Å². The Morgan fingerprint density at radius 3 is 3.00 bits per heavy atom. The third-order valence-electron chi connectivity index (χ3n) is 3.62. The summed E-state index contributed by atoms with van der Waals surface area (Å²) in [5.41, 5.74) is 7.38. The van der Waals surface area contributed by atoms with E-state index in [-0.39, 0.29) is 6.04 Å². The Balaban J connectivity index is 1.96. The maximum absolute atomic E-state index is 6.25. The number of nitrogens with zero attached hydrogens (tertiary/aromatic N) is 3. The summed E-state index contributed by atoms with van der Waals surface area (Å²) in [5, 5.41) is 0. The summed E-state index contributed by atoms with van der Waals surface area (Å²) >= 11 is 0. The van der Waals surface area contributed by atoms with E-state index in [9.17, 15) is 0 Å². The third-order valence-corrected chi connectivity index (χ3v) is 3.62. The minimum atomic E-state index is 0.0858. The molecule has 4 nitrogen and oxygen atoms in total. The first kappa shape index (κ1) is 12.5. The molecular formula is C13H22N4. The van der Waals surface area contributed by atoms with Crippen LogP contribution in [-0.2, 0) is 0 Å². The number of pyridine rings is 1. The first-order valence-corrected chi connectivity index (χ1v) is 6.21. The van der Waals surface area contributed by atoms with Crippen molar-refractivity contribution in [3.8, 4) is 0 Å². The van der Waals surface area contributed by atoms with Crippen LogP contribution < -0.4 is 5.73 Å². The lowest BCUT2D eigenvalue weighted by molar-refractivity contribution is 0.104. The molecule has 0 radical (unpaired) electrons. The van der Waals surface area contributed by atoms with Crippen LogP contribution in [0.2, 0.25) is 0 Å². The first-order valence-electron chi connectivity index (χ1n) is 6.21. The maximum Gasteiger partial charge on any atom is 0.0325 e. The summed E-state index contributed by atoms with van der Waals surface area (Å²) in [6, 6.07) is 4.64. The number of hydrogen-bond donors (Lipinski definition) is 1. The lowest BCUT2D eigenvalue weighted by Crippen LogP contribution is -2.50. The molecule has 1 aromatic rings.